The summed E-state index contributed by atoms with van der Waals surface area (Å²) in [5.74, 6) is 1.30. The van der Waals surface area contributed by atoms with E-state index in [9.17, 15) is 0 Å². The predicted octanol–water partition coefficient (Wildman–Crippen LogP) is 3.40. The largest absolute Gasteiger partial charge is 0.497 e. The average Bonchev–Trinajstić information content (AvgIpc) is 3.07. The van der Waals surface area contributed by atoms with Crippen LogP contribution in [0.4, 0.5) is 5.82 Å². The van der Waals surface area contributed by atoms with Crippen molar-refractivity contribution < 1.29 is 4.74 Å². The van der Waals surface area contributed by atoms with E-state index in [0.717, 1.165) is 27.4 Å². The molecule has 0 amide bonds. The number of ether oxygens (including phenoxy) is 1. The Labute approximate surface area is 114 Å². The number of nitrogens with one attached hydrogen (secondary N) is 1. The van der Waals surface area contributed by atoms with Gasteiger partial charge in [0.2, 0.25) is 0 Å². The molecule has 3 aromatic rings. The van der Waals surface area contributed by atoms with Crippen LogP contribution < -0.4 is 10.5 Å². The molecule has 0 bridgehead atoms. The fourth-order valence-electron chi connectivity index (χ4n) is 2.03. The molecule has 19 heavy (non-hydrogen) atoms. The number of nitrogens with two attached hydrogens (primary N) is 1. The Hall–Kier alpha value is -2.27. The van der Waals surface area contributed by atoms with Gasteiger partial charge in [-0.1, -0.05) is 18.2 Å². The maximum atomic E-state index is 5.99. The number of rotatable bonds is 3. The van der Waals surface area contributed by atoms with Crippen molar-refractivity contribution in [3.63, 3.8) is 0 Å². The highest BCUT2D eigenvalue weighted by atomic mass is 32.1. The molecule has 0 aliphatic heterocycles. The van der Waals surface area contributed by atoms with Crippen LogP contribution in [0, 0.1) is 0 Å². The number of thiophene rings is 1. The number of hydrogen-bond acceptors (Lipinski definition) is 4. The topological polar surface area (TPSA) is 63.9 Å². The summed E-state index contributed by atoms with van der Waals surface area (Å²) < 4.78 is 5.25. The van der Waals surface area contributed by atoms with E-state index in [2.05, 4.69) is 10.2 Å². The Morgan fingerprint density at radius 2 is 2.16 bits per heavy atom. The Morgan fingerprint density at radius 1 is 1.26 bits per heavy atom. The van der Waals surface area contributed by atoms with Crippen LogP contribution in [0.3, 0.4) is 0 Å². The minimum Gasteiger partial charge on any atom is -0.497 e. The standard InChI is InChI=1S/C14H13N3OS/c1-18-10-5-2-4-9(8-10)12-13(16-17-14(12)15)11-6-3-7-19-11/h2-8H,1H3,(H3,15,16,17). The predicted molar refractivity (Wildman–Crippen MR) is 78.3 cm³/mol. The molecule has 2 heterocycles. The second-order valence-corrected chi connectivity index (χ2v) is 5.02. The van der Waals surface area contributed by atoms with Gasteiger partial charge in [-0.2, -0.15) is 5.10 Å². The number of aromatic nitrogens is 2. The van der Waals surface area contributed by atoms with Gasteiger partial charge in [0, 0.05) is 0 Å². The number of anilines is 1. The van der Waals surface area contributed by atoms with Crippen LogP contribution in [0.15, 0.2) is 41.8 Å². The second kappa shape index (κ2) is 4.78. The number of methoxy groups -OCH3 is 1. The third-order valence-corrected chi connectivity index (χ3v) is 3.81. The molecular weight excluding hydrogens is 258 g/mol. The molecule has 4 nitrogen and oxygen atoms in total. The third-order valence-electron chi connectivity index (χ3n) is 2.92. The lowest BCUT2D eigenvalue weighted by atomic mass is 10.0. The summed E-state index contributed by atoms with van der Waals surface area (Å²) in [6.45, 7) is 0. The number of benzene rings is 1. The maximum absolute atomic E-state index is 5.99. The van der Waals surface area contributed by atoms with Gasteiger partial charge in [-0.15, -0.1) is 11.3 Å². The molecule has 0 fully saturated rings. The van der Waals surface area contributed by atoms with Crippen molar-refractivity contribution in [1.29, 1.82) is 0 Å². The number of hydrogen-bond donors (Lipinski definition) is 2. The minimum atomic E-state index is 0.497. The SMILES string of the molecule is COc1cccc(-c2c(N)n[nH]c2-c2cccs2)c1. The van der Waals surface area contributed by atoms with Gasteiger partial charge < -0.3 is 10.5 Å². The first kappa shape index (κ1) is 11.8. The van der Waals surface area contributed by atoms with Crippen molar-refractivity contribution in [2.75, 3.05) is 12.8 Å². The van der Waals surface area contributed by atoms with Crippen molar-refractivity contribution >= 4 is 17.2 Å². The molecule has 0 aliphatic carbocycles. The van der Waals surface area contributed by atoms with Gasteiger partial charge in [0.05, 0.1) is 23.2 Å². The molecule has 0 unspecified atom stereocenters. The highest BCUT2D eigenvalue weighted by Crippen LogP contribution is 2.37. The molecule has 2 aromatic heterocycles. The van der Waals surface area contributed by atoms with Gasteiger partial charge in [0.1, 0.15) is 5.75 Å². The summed E-state index contributed by atoms with van der Waals surface area (Å²) in [4.78, 5) is 1.11. The van der Waals surface area contributed by atoms with Crippen molar-refractivity contribution in [2.45, 2.75) is 0 Å². The van der Waals surface area contributed by atoms with E-state index in [0.29, 0.717) is 5.82 Å². The van der Waals surface area contributed by atoms with E-state index in [-0.39, 0.29) is 0 Å². The van der Waals surface area contributed by atoms with Crippen LogP contribution in [-0.4, -0.2) is 17.3 Å². The highest BCUT2D eigenvalue weighted by Gasteiger charge is 2.15. The molecule has 5 heteroatoms. The van der Waals surface area contributed by atoms with Crippen LogP contribution in [0.2, 0.25) is 0 Å². The van der Waals surface area contributed by atoms with Crippen LogP contribution in [0.25, 0.3) is 21.7 Å². The molecule has 1 aromatic carbocycles. The summed E-state index contributed by atoms with van der Waals surface area (Å²) in [6, 6.07) is 11.9. The Kier molecular flexibility index (Phi) is 2.97. The maximum Gasteiger partial charge on any atom is 0.153 e. The van der Waals surface area contributed by atoms with Crippen molar-refractivity contribution in [2.24, 2.45) is 0 Å². The van der Waals surface area contributed by atoms with Crippen LogP contribution >= 0.6 is 11.3 Å². The van der Waals surface area contributed by atoms with Gasteiger partial charge in [0.15, 0.2) is 5.82 Å². The summed E-state index contributed by atoms with van der Waals surface area (Å²) in [7, 11) is 1.65. The highest BCUT2D eigenvalue weighted by molar-refractivity contribution is 7.13. The Balaban J connectivity index is 2.16. The molecule has 0 saturated heterocycles. The van der Waals surface area contributed by atoms with Gasteiger partial charge in [-0.25, -0.2) is 0 Å². The second-order valence-electron chi connectivity index (χ2n) is 4.07. The first-order valence-electron chi connectivity index (χ1n) is 5.81. The molecule has 3 rings (SSSR count). The van der Waals surface area contributed by atoms with E-state index in [4.69, 9.17) is 10.5 Å². The Bertz CT molecular complexity index is 689. The lowest BCUT2D eigenvalue weighted by Crippen LogP contribution is -1.89. The van der Waals surface area contributed by atoms with Crippen molar-refractivity contribution in [1.82, 2.24) is 10.2 Å². The first-order valence-corrected chi connectivity index (χ1v) is 6.69. The number of aromatic amines is 1. The van der Waals surface area contributed by atoms with Gasteiger partial charge >= 0.3 is 0 Å². The van der Waals surface area contributed by atoms with Gasteiger partial charge in [0.25, 0.3) is 0 Å². The molecule has 96 valence electrons. The van der Waals surface area contributed by atoms with Gasteiger partial charge in [-0.3, -0.25) is 5.10 Å². The van der Waals surface area contributed by atoms with Crippen LogP contribution in [0.5, 0.6) is 5.75 Å². The quantitative estimate of drug-likeness (QED) is 0.767. The van der Waals surface area contributed by atoms with Crippen LogP contribution in [-0.2, 0) is 0 Å². The lowest BCUT2D eigenvalue weighted by molar-refractivity contribution is 0.415. The van der Waals surface area contributed by atoms with E-state index >= 15 is 0 Å². The van der Waals surface area contributed by atoms with E-state index in [1.165, 1.54) is 0 Å². The average molecular weight is 271 g/mol. The zero-order valence-corrected chi connectivity index (χ0v) is 11.2. The lowest BCUT2D eigenvalue weighted by Gasteiger charge is -2.05. The minimum absolute atomic E-state index is 0.497. The number of nitrogens with zero attached hydrogens (tertiary/aromatic N) is 1. The van der Waals surface area contributed by atoms with Gasteiger partial charge in [-0.05, 0) is 29.1 Å². The fourth-order valence-corrected chi connectivity index (χ4v) is 2.75. The fraction of sp³-hybridized carbons (Fsp3) is 0.0714. The van der Waals surface area contributed by atoms with Crippen molar-refractivity contribution in [3.8, 4) is 27.4 Å². The molecule has 3 N–H and O–H groups in total. The molecule has 0 atom stereocenters. The molecular formula is C14H13N3OS. The van der Waals surface area contributed by atoms with E-state index in [1.54, 1.807) is 18.4 Å². The molecule has 0 radical (unpaired) electrons. The molecule has 0 aliphatic rings. The van der Waals surface area contributed by atoms with Crippen molar-refractivity contribution in [3.05, 3.63) is 41.8 Å². The Morgan fingerprint density at radius 3 is 2.89 bits per heavy atom. The zero-order valence-electron chi connectivity index (χ0n) is 10.4. The monoisotopic (exact) mass is 271 g/mol. The summed E-state index contributed by atoms with van der Waals surface area (Å²) >= 11 is 1.65. The molecule has 0 saturated carbocycles. The van der Waals surface area contributed by atoms with E-state index in [1.807, 2.05) is 41.8 Å². The normalized spacial score (nSPS) is 10.6. The number of H-pyrrole nitrogens is 1. The third kappa shape index (κ3) is 2.08. The summed E-state index contributed by atoms with van der Waals surface area (Å²) in [6.07, 6.45) is 0. The summed E-state index contributed by atoms with van der Waals surface area (Å²) in [5, 5.41) is 9.16. The molecule has 0 spiro atoms. The first-order chi connectivity index (χ1) is 9.29. The zero-order chi connectivity index (χ0) is 13.2. The van der Waals surface area contributed by atoms with Crippen LogP contribution in [0.1, 0.15) is 0 Å². The number of nitrogen functional groups attached to an aromatic ring is 1. The summed E-state index contributed by atoms with van der Waals surface area (Å²) in [5.41, 5.74) is 8.85. The smallest absolute Gasteiger partial charge is 0.153 e. The van der Waals surface area contributed by atoms with E-state index < -0.39 is 0 Å².